The van der Waals surface area contributed by atoms with Crippen molar-refractivity contribution in [2.24, 2.45) is 5.92 Å². The van der Waals surface area contributed by atoms with Gasteiger partial charge in [0, 0.05) is 0 Å². The maximum absolute atomic E-state index is 14.6. The second-order valence-corrected chi connectivity index (χ2v) is 10.6. The largest absolute Gasteiger partial charge is 0.573 e. The average molecular weight is 541 g/mol. The van der Waals surface area contributed by atoms with Crippen LogP contribution in [0.4, 0.5) is 22.0 Å². The molecule has 0 N–H and O–H groups in total. The molecule has 1 aliphatic rings. The van der Waals surface area contributed by atoms with Crippen molar-refractivity contribution in [3.63, 3.8) is 0 Å². The fourth-order valence-corrected chi connectivity index (χ4v) is 5.36. The molecule has 0 saturated heterocycles. The van der Waals surface area contributed by atoms with Gasteiger partial charge in [0.2, 0.25) is 0 Å². The van der Waals surface area contributed by atoms with Crippen LogP contribution in [0.25, 0.3) is 0 Å². The van der Waals surface area contributed by atoms with E-state index in [1.165, 1.54) is 88.5 Å². The Kier molecular flexibility index (Phi) is 11.9. The van der Waals surface area contributed by atoms with Gasteiger partial charge in [-0.2, -0.15) is 8.78 Å². The molecule has 2 nitrogen and oxygen atoms in total. The zero-order valence-electron chi connectivity index (χ0n) is 22.4. The van der Waals surface area contributed by atoms with Crippen molar-refractivity contribution >= 4 is 0 Å². The summed E-state index contributed by atoms with van der Waals surface area (Å²) in [5.41, 5.74) is 1.50. The van der Waals surface area contributed by atoms with Gasteiger partial charge in [-0.15, -0.1) is 13.2 Å². The first-order valence-electron chi connectivity index (χ1n) is 14.1. The Hall–Kier alpha value is -2.15. The van der Waals surface area contributed by atoms with Gasteiger partial charge < -0.3 is 9.47 Å². The zero-order chi connectivity index (χ0) is 27.4. The number of alkyl halides is 5. The summed E-state index contributed by atoms with van der Waals surface area (Å²) >= 11 is 0. The second-order valence-electron chi connectivity index (χ2n) is 10.6. The molecular weight excluding hydrogens is 499 g/mol. The van der Waals surface area contributed by atoms with Crippen LogP contribution in [0.15, 0.2) is 48.5 Å². The molecule has 38 heavy (non-hydrogen) atoms. The lowest BCUT2D eigenvalue weighted by molar-refractivity contribution is -0.274. The van der Waals surface area contributed by atoms with Crippen LogP contribution in [-0.4, -0.2) is 13.0 Å². The predicted molar refractivity (Wildman–Crippen MR) is 140 cm³/mol. The number of benzene rings is 2. The van der Waals surface area contributed by atoms with Crippen LogP contribution >= 0.6 is 0 Å². The minimum absolute atomic E-state index is 0.141. The highest BCUT2D eigenvalue weighted by atomic mass is 19.4. The number of ether oxygens (including phenoxy) is 2. The summed E-state index contributed by atoms with van der Waals surface area (Å²) in [4.78, 5) is 0. The fraction of sp³-hybridized carbons (Fsp3) is 0.613. The number of hydrogen-bond acceptors (Lipinski definition) is 2. The third-order valence-corrected chi connectivity index (χ3v) is 7.61. The van der Waals surface area contributed by atoms with Gasteiger partial charge in [-0.1, -0.05) is 94.7 Å². The molecule has 2 aromatic rings. The third kappa shape index (κ3) is 10.5. The van der Waals surface area contributed by atoms with E-state index in [1.54, 1.807) is 12.1 Å². The molecule has 0 heterocycles. The van der Waals surface area contributed by atoms with Gasteiger partial charge in [-0.25, -0.2) is 0 Å². The van der Waals surface area contributed by atoms with Gasteiger partial charge >= 0.3 is 12.5 Å². The van der Waals surface area contributed by atoms with Gasteiger partial charge in [0.15, 0.2) is 0 Å². The number of halogens is 5. The van der Waals surface area contributed by atoms with Crippen molar-refractivity contribution in [1.82, 2.24) is 0 Å². The molecule has 0 spiro atoms. The van der Waals surface area contributed by atoms with Gasteiger partial charge in [0.1, 0.15) is 5.75 Å². The first kappa shape index (κ1) is 30.4. The molecule has 3 rings (SSSR count). The van der Waals surface area contributed by atoms with E-state index in [0.717, 1.165) is 36.5 Å². The van der Waals surface area contributed by atoms with E-state index in [1.807, 2.05) is 0 Å². The van der Waals surface area contributed by atoms with Crippen molar-refractivity contribution in [3.8, 4) is 5.75 Å². The van der Waals surface area contributed by atoms with Crippen molar-refractivity contribution in [3.05, 3.63) is 65.2 Å². The fourth-order valence-electron chi connectivity index (χ4n) is 5.36. The highest BCUT2D eigenvalue weighted by molar-refractivity contribution is 5.28. The second kappa shape index (κ2) is 14.9. The van der Waals surface area contributed by atoms with Crippen LogP contribution < -0.4 is 4.74 Å². The van der Waals surface area contributed by atoms with E-state index in [0.29, 0.717) is 11.5 Å². The van der Waals surface area contributed by atoms with Crippen molar-refractivity contribution < 1.29 is 31.4 Å². The first-order chi connectivity index (χ1) is 18.2. The minimum atomic E-state index is -4.77. The summed E-state index contributed by atoms with van der Waals surface area (Å²) in [7, 11) is 0. The van der Waals surface area contributed by atoms with Crippen molar-refractivity contribution in [2.45, 2.75) is 109 Å². The molecular formula is C31H41F5O2. The number of rotatable bonds is 15. The molecule has 1 fully saturated rings. The molecule has 0 atom stereocenters. The summed E-state index contributed by atoms with van der Waals surface area (Å²) < 4.78 is 74.6. The van der Waals surface area contributed by atoms with Crippen LogP contribution in [0.1, 0.15) is 107 Å². The topological polar surface area (TPSA) is 18.5 Å². The molecule has 1 aliphatic carbocycles. The van der Waals surface area contributed by atoms with Gasteiger partial charge in [0.05, 0.1) is 12.2 Å². The standard InChI is InChI=1S/C31H41F5O2/c1-2-3-4-5-6-7-8-9-24-10-14-26(15-11-24)27-16-18-28(19-17-27)30(32,33)37-23-22-25-12-20-29(21-13-25)38-31(34,35)36/h12-13,16-21,24,26H,2-11,14-15,22-23H2,1H3. The lowest BCUT2D eigenvalue weighted by Gasteiger charge is -2.29. The average Bonchev–Trinajstić information content (AvgIpc) is 2.89. The molecule has 0 aromatic heterocycles. The summed E-state index contributed by atoms with van der Waals surface area (Å²) in [6.45, 7) is 1.98. The van der Waals surface area contributed by atoms with Crippen LogP contribution in [0.2, 0.25) is 0 Å². The highest BCUT2D eigenvalue weighted by Crippen LogP contribution is 2.39. The first-order valence-corrected chi connectivity index (χ1v) is 14.1. The van der Waals surface area contributed by atoms with Gasteiger partial charge in [0.25, 0.3) is 0 Å². The van der Waals surface area contributed by atoms with E-state index in [2.05, 4.69) is 11.7 Å². The Labute approximate surface area is 223 Å². The summed E-state index contributed by atoms with van der Waals surface area (Å²) in [6.07, 6.45) is 7.26. The number of hydrogen-bond donors (Lipinski definition) is 0. The smallest absolute Gasteiger partial charge is 0.406 e. The molecule has 2 aromatic carbocycles. The Morgan fingerprint density at radius 2 is 1.34 bits per heavy atom. The minimum Gasteiger partial charge on any atom is -0.406 e. The van der Waals surface area contributed by atoms with E-state index in [9.17, 15) is 22.0 Å². The Bertz CT molecular complexity index is 917. The SMILES string of the molecule is CCCCCCCCCC1CCC(c2ccc(C(F)(F)OCCc3ccc(OC(F)(F)F)cc3)cc2)CC1. The van der Waals surface area contributed by atoms with Crippen LogP contribution in [-0.2, 0) is 17.3 Å². The van der Waals surface area contributed by atoms with Crippen LogP contribution in [0, 0.1) is 5.92 Å². The van der Waals surface area contributed by atoms with Crippen LogP contribution in [0.5, 0.6) is 5.75 Å². The van der Waals surface area contributed by atoms with E-state index in [-0.39, 0.29) is 24.3 Å². The normalized spacial score (nSPS) is 18.5. The molecule has 0 aliphatic heterocycles. The Morgan fingerprint density at radius 1 is 0.737 bits per heavy atom. The lowest BCUT2D eigenvalue weighted by atomic mass is 9.77. The van der Waals surface area contributed by atoms with Crippen molar-refractivity contribution in [1.29, 1.82) is 0 Å². The van der Waals surface area contributed by atoms with E-state index < -0.39 is 12.5 Å². The molecule has 212 valence electrons. The molecule has 0 bridgehead atoms. The van der Waals surface area contributed by atoms with Gasteiger partial charge in [-0.05, 0) is 67.2 Å². The highest BCUT2D eigenvalue weighted by Gasteiger charge is 2.33. The summed E-state index contributed by atoms with van der Waals surface area (Å²) in [5, 5.41) is 0. The molecule has 0 amide bonds. The van der Waals surface area contributed by atoms with Crippen LogP contribution in [0.3, 0.4) is 0 Å². The predicted octanol–water partition coefficient (Wildman–Crippen LogP) is 10.3. The maximum atomic E-state index is 14.6. The zero-order valence-corrected chi connectivity index (χ0v) is 22.4. The molecule has 0 radical (unpaired) electrons. The Morgan fingerprint density at radius 3 is 1.95 bits per heavy atom. The molecule has 7 heteroatoms. The van der Waals surface area contributed by atoms with E-state index >= 15 is 0 Å². The van der Waals surface area contributed by atoms with Gasteiger partial charge in [-0.3, -0.25) is 0 Å². The third-order valence-electron chi connectivity index (χ3n) is 7.61. The maximum Gasteiger partial charge on any atom is 0.573 e. The lowest BCUT2D eigenvalue weighted by Crippen LogP contribution is -2.20. The molecule has 1 saturated carbocycles. The molecule has 0 unspecified atom stereocenters. The monoisotopic (exact) mass is 540 g/mol. The van der Waals surface area contributed by atoms with Crippen molar-refractivity contribution in [2.75, 3.05) is 6.61 Å². The number of unbranched alkanes of at least 4 members (excludes halogenated alkanes) is 6. The summed E-state index contributed by atoms with van der Waals surface area (Å²) in [5.74, 6) is 0.870. The quantitative estimate of drug-likeness (QED) is 0.165. The Balaban J connectivity index is 1.37. The summed E-state index contributed by atoms with van der Waals surface area (Å²) in [6, 6.07) is 11.6. The van der Waals surface area contributed by atoms with E-state index in [4.69, 9.17) is 4.74 Å².